The molecule has 0 saturated heterocycles. The lowest BCUT2D eigenvalue weighted by Crippen LogP contribution is -2.11. The van der Waals surface area contributed by atoms with Gasteiger partial charge in [0.25, 0.3) is 0 Å². The molecule has 0 aliphatic heterocycles. The summed E-state index contributed by atoms with van der Waals surface area (Å²) >= 11 is 12.5. The number of halogens is 2. The normalized spacial score (nSPS) is 9.76. The van der Waals surface area contributed by atoms with Crippen LogP contribution in [0.3, 0.4) is 0 Å². The smallest absolute Gasteiger partial charge is 0.342 e. The molecule has 134 valence electrons. The first-order valence-electron chi connectivity index (χ1n) is 7.35. The number of esters is 1. The van der Waals surface area contributed by atoms with E-state index in [2.05, 4.69) is 14.3 Å². The fraction of sp³-hybridized carbons (Fsp3) is 0.235. The van der Waals surface area contributed by atoms with Crippen molar-refractivity contribution in [2.45, 2.75) is 13.8 Å². The van der Waals surface area contributed by atoms with Crippen LogP contribution >= 0.6 is 32.2 Å². The summed E-state index contributed by atoms with van der Waals surface area (Å²) in [6.07, 6.45) is 0. The Balaban J connectivity index is 0.00000151. The molecule has 0 fully saturated rings. The minimum atomic E-state index is -0.485. The van der Waals surface area contributed by atoms with Crippen LogP contribution in [0.4, 0.5) is 11.4 Å². The maximum absolute atomic E-state index is 12.2. The molecule has 0 amide bonds. The Morgan fingerprint density at radius 3 is 2.56 bits per heavy atom. The molecule has 2 N–H and O–H groups in total. The molecular formula is C17H19Cl2N2O3P. The monoisotopic (exact) mass is 400 g/mol. The first-order chi connectivity index (χ1) is 12.0. The van der Waals surface area contributed by atoms with E-state index < -0.39 is 5.97 Å². The van der Waals surface area contributed by atoms with Crippen molar-refractivity contribution in [1.82, 2.24) is 0 Å². The van der Waals surface area contributed by atoms with E-state index in [0.717, 1.165) is 5.56 Å². The highest BCUT2D eigenvalue weighted by Crippen LogP contribution is 2.36. The first kappa shape index (κ1) is 21.4. The van der Waals surface area contributed by atoms with Crippen LogP contribution in [0.1, 0.15) is 22.8 Å². The standard InChI is InChI=1S/C17H17Cl2NO3.H2NP/c1-3-22-10-23-17(21)12-6-4-5-7-14(12)20-16-13(18)9-8-11(2)15(16)19;1-2/h4-9,20H,3,10H2,1-2H3;1-2H. The van der Waals surface area contributed by atoms with E-state index in [1.165, 1.54) is 0 Å². The number of hydrogen-bond donors (Lipinski definition) is 2. The van der Waals surface area contributed by atoms with Gasteiger partial charge in [0.1, 0.15) is 0 Å². The molecule has 0 atom stereocenters. The van der Waals surface area contributed by atoms with Crippen molar-refractivity contribution in [3.05, 3.63) is 57.6 Å². The quantitative estimate of drug-likeness (QED) is 0.266. The second-order valence-electron chi connectivity index (χ2n) is 4.77. The number of nitrogens with one attached hydrogen (secondary N) is 2. The Morgan fingerprint density at radius 1 is 1.20 bits per heavy atom. The largest absolute Gasteiger partial charge is 0.435 e. The summed E-state index contributed by atoms with van der Waals surface area (Å²) in [6, 6.07) is 10.6. The molecule has 0 spiro atoms. The van der Waals surface area contributed by atoms with Crippen LogP contribution in [0.25, 0.3) is 0 Å². The average molecular weight is 401 g/mol. The molecule has 5 nitrogen and oxygen atoms in total. The highest BCUT2D eigenvalue weighted by Gasteiger charge is 2.15. The van der Waals surface area contributed by atoms with Gasteiger partial charge in [-0.05, 0) is 46.6 Å². The molecule has 8 heteroatoms. The van der Waals surface area contributed by atoms with Crippen molar-refractivity contribution in [2.24, 2.45) is 0 Å². The predicted molar refractivity (Wildman–Crippen MR) is 104 cm³/mol. The summed E-state index contributed by atoms with van der Waals surface area (Å²) in [6.45, 7) is 4.09. The number of carbonyl (C=O) groups excluding carboxylic acids is 1. The third-order valence-corrected chi connectivity index (χ3v) is 3.97. The van der Waals surface area contributed by atoms with E-state index in [0.29, 0.717) is 33.6 Å². The van der Waals surface area contributed by atoms with Gasteiger partial charge in [0.15, 0.2) is 6.79 Å². The minimum Gasteiger partial charge on any atom is -0.435 e. The molecule has 0 bridgehead atoms. The lowest BCUT2D eigenvalue weighted by molar-refractivity contribution is -0.0273. The SMILES string of the molecule is CCOCOC(=O)c1ccccc1Nc1c(Cl)ccc(C)c1Cl.N=P. The van der Waals surface area contributed by atoms with E-state index in [1.54, 1.807) is 30.3 Å². The van der Waals surface area contributed by atoms with E-state index in [4.69, 9.17) is 37.8 Å². The maximum atomic E-state index is 12.2. The van der Waals surface area contributed by atoms with Gasteiger partial charge in [-0.1, -0.05) is 41.4 Å². The van der Waals surface area contributed by atoms with Gasteiger partial charge < -0.3 is 14.8 Å². The molecule has 2 aromatic rings. The van der Waals surface area contributed by atoms with Gasteiger partial charge in [0.2, 0.25) is 0 Å². The van der Waals surface area contributed by atoms with Gasteiger partial charge in [-0.25, -0.2) is 4.79 Å². The molecule has 0 saturated carbocycles. The number of rotatable bonds is 6. The number of para-hydroxylation sites is 1. The molecular weight excluding hydrogens is 382 g/mol. The molecule has 0 aliphatic rings. The zero-order valence-corrected chi connectivity index (χ0v) is 16.4. The third-order valence-electron chi connectivity index (χ3n) is 3.17. The van der Waals surface area contributed by atoms with Crippen molar-refractivity contribution in [3.63, 3.8) is 0 Å². The molecule has 0 aromatic heterocycles. The number of aryl methyl sites for hydroxylation is 1. The lowest BCUT2D eigenvalue weighted by atomic mass is 10.1. The molecule has 0 radical (unpaired) electrons. The lowest BCUT2D eigenvalue weighted by Gasteiger charge is -2.15. The molecule has 0 heterocycles. The second-order valence-corrected chi connectivity index (χ2v) is 5.55. The fourth-order valence-electron chi connectivity index (χ4n) is 1.93. The van der Waals surface area contributed by atoms with Crippen LogP contribution < -0.4 is 5.32 Å². The Kier molecular flexibility index (Phi) is 9.46. The molecule has 0 aliphatic carbocycles. The number of anilines is 2. The average Bonchev–Trinajstić information content (AvgIpc) is 2.64. The highest BCUT2D eigenvalue weighted by molar-refractivity contribution is 7.02. The van der Waals surface area contributed by atoms with Crippen LogP contribution in [-0.2, 0) is 9.47 Å². The Bertz CT molecular complexity index is 729. The number of benzene rings is 2. The van der Waals surface area contributed by atoms with Gasteiger partial charge in [0.05, 0.1) is 27.0 Å². The fourth-order valence-corrected chi connectivity index (χ4v) is 2.40. The number of ether oxygens (including phenoxy) is 2. The molecule has 25 heavy (non-hydrogen) atoms. The topological polar surface area (TPSA) is 71.4 Å². The molecule has 2 rings (SSSR count). The molecule has 0 unspecified atom stereocenters. The van der Waals surface area contributed by atoms with Crippen LogP contribution in [0.5, 0.6) is 0 Å². The van der Waals surface area contributed by atoms with Crippen LogP contribution in [0.15, 0.2) is 36.4 Å². The molecule has 2 aromatic carbocycles. The summed E-state index contributed by atoms with van der Waals surface area (Å²) in [7, 11) is 2.22. The van der Waals surface area contributed by atoms with Crippen LogP contribution in [0.2, 0.25) is 10.0 Å². The van der Waals surface area contributed by atoms with Crippen molar-refractivity contribution in [2.75, 3.05) is 18.7 Å². The first-order valence-corrected chi connectivity index (χ1v) is 8.60. The second kappa shape index (κ2) is 11.1. The van der Waals surface area contributed by atoms with Gasteiger partial charge in [-0.3, -0.25) is 5.16 Å². The van der Waals surface area contributed by atoms with Crippen molar-refractivity contribution in [1.29, 1.82) is 5.16 Å². The number of carbonyl (C=O) groups is 1. The summed E-state index contributed by atoms with van der Waals surface area (Å²) in [5.74, 6) is -0.485. The van der Waals surface area contributed by atoms with Crippen molar-refractivity contribution in [3.8, 4) is 0 Å². The van der Waals surface area contributed by atoms with E-state index in [-0.39, 0.29) is 6.79 Å². The van der Waals surface area contributed by atoms with Crippen molar-refractivity contribution < 1.29 is 14.3 Å². The Morgan fingerprint density at radius 2 is 1.88 bits per heavy atom. The zero-order valence-electron chi connectivity index (χ0n) is 13.9. The van der Waals surface area contributed by atoms with Gasteiger partial charge in [-0.2, -0.15) is 0 Å². The Labute approximate surface area is 159 Å². The Hall–Kier alpha value is -1.65. The summed E-state index contributed by atoms with van der Waals surface area (Å²) in [5, 5.41) is 9.65. The van der Waals surface area contributed by atoms with Crippen molar-refractivity contribution >= 4 is 49.6 Å². The van der Waals surface area contributed by atoms with Crippen LogP contribution in [-0.4, -0.2) is 19.4 Å². The predicted octanol–water partition coefficient (Wildman–Crippen LogP) is 6.09. The minimum absolute atomic E-state index is 0.0877. The van der Waals surface area contributed by atoms with E-state index in [1.807, 2.05) is 19.9 Å². The highest BCUT2D eigenvalue weighted by atomic mass is 35.5. The zero-order chi connectivity index (χ0) is 18.8. The summed E-state index contributed by atoms with van der Waals surface area (Å²) in [4.78, 5) is 12.2. The summed E-state index contributed by atoms with van der Waals surface area (Å²) < 4.78 is 10.1. The number of hydrogen-bond acceptors (Lipinski definition) is 5. The van der Waals surface area contributed by atoms with Crippen LogP contribution in [0, 0.1) is 12.1 Å². The van der Waals surface area contributed by atoms with E-state index in [9.17, 15) is 4.79 Å². The maximum Gasteiger partial charge on any atom is 0.342 e. The van der Waals surface area contributed by atoms with E-state index >= 15 is 0 Å². The summed E-state index contributed by atoms with van der Waals surface area (Å²) in [5.41, 5.74) is 2.37. The van der Waals surface area contributed by atoms with Gasteiger partial charge >= 0.3 is 5.97 Å². The van der Waals surface area contributed by atoms with Gasteiger partial charge in [-0.15, -0.1) is 0 Å². The van der Waals surface area contributed by atoms with Gasteiger partial charge in [0, 0.05) is 6.61 Å². The third kappa shape index (κ3) is 5.98.